The molecule has 2 rings (SSSR count). The summed E-state index contributed by atoms with van der Waals surface area (Å²) in [6.07, 6.45) is -5.09. The Morgan fingerprint density at radius 1 is 0.846 bits per heavy atom. The first-order chi connectivity index (χ1) is 12.2. The molecule has 26 heavy (non-hydrogen) atoms. The Balaban J connectivity index is 2.25. The van der Waals surface area contributed by atoms with Crippen molar-refractivity contribution in [1.29, 1.82) is 0 Å². The van der Waals surface area contributed by atoms with Gasteiger partial charge < -0.3 is 14.9 Å². The Labute approximate surface area is 146 Å². The maximum Gasteiger partial charge on any atom is 0.573 e. The molecule has 0 amide bonds. The van der Waals surface area contributed by atoms with Gasteiger partial charge in [0, 0.05) is 0 Å². The molecular weight excluding hydrogens is 353 g/mol. The number of carbonyl (C=O) groups is 2. The van der Waals surface area contributed by atoms with Gasteiger partial charge in [-0.3, -0.25) is 9.59 Å². The minimum absolute atomic E-state index is 0.189. The number of hydrogen-bond acceptors (Lipinski definition) is 3. The van der Waals surface area contributed by atoms with E-state index in [-0.39, 0.29) is 12.0 Å². The molecule has 0 spiro atoms. The third kappa shape index (κ3) is 5.23. The van der Waals surface area contributed by atoms with E-state index in [9.17, 15) is 33.0 Å². The lowest BCUT2D eigenvalue weighted by Gasteiger charge is -2.19. The van der Waals surface area contributed by atoms with Crippen LogP contribution < -0.4 is 4.74 Å². The molecule has 0 radical (unpaired) electrons. The van der Waals surface area contributed by atoms with E-state index in [2.05, 4.69) is 4.74 Å². The second-order valence-electron chi connectivity index (χ2n) is 5.54. The van der Waals surface area contributed by atoms with Crippen LogP contribution in [0.5, 0.6) is 5.75 Å². The summed E-state index contributed by atoms with van der Waals surface area (Å²) in [6, 6.07) is 12.5. The second kappa shape index (κ2) is 7.90. The zero-order valence-corrected chi connectivity index (χ0v) is 13.3. The van der Waals surface area contributed by atoms with Crippen LogP contribution >= 0.6 is 0 Å². The lowest BCUT2D eigenvalue weighted by atomic mass is 9.85. The third-order valence-corrected chi connectivity index (χ3v) is 3.79. The molecule has 0 aliphatic carbocycles. The van der Waals surface area contributed by atoms with Gasteiger partial charge in [0.2, 0.25) is 0 Å². The Hall–Kier alpha value is -3.03. The highest BCUT2D eigenvalue weighted by Crippen LogP contribution is 2.32. The Morgan fingerprint density at radius 2 is 1.31 bits per heavy atom. The van der Waals surface area contributed by atoms with Crippen LogP contribution in [-0.2, 0) is 9.59 Å². The Morgan fingerprint density at radius 3 is 1.73 bits per heavy atom. The number of benzene rings is 2. The molecule has 0 saturated carbocycles. The molecule has 0 aliphatic heterocycles. The van der Waals surface area contributed by atoms with E-state index in [1.165, 1.54) is 12.1 Å². The molecule has 138 valence electrons. The molecule has 2 atom stereocenters. The second-order valence-corrected chi connectivity index (χ2v) is 5.54. The van der Waals surface area contributed by atoms with Crippen molar-refractivity contribution >= 4 is 11.9 Å². The summed E-state index contributed by atoms with van der Waals surface area (Å²) in [5, 5.41) is 18.9. The average Bonchev–Trinajstić information content (AvgIpc) is 2.55. The van der Waals surface area contributed by atoms with Gasteiger partial charge in [0.25, 0.3) is 0 Å². The highest BCUT2D eigenvalue weighted by atomic mass is 19.4. The van der Waals surface area contributed by atoms with Crippen molar-refractivity contribution in [2.75, 3.05) is 0 Å². The van der Waals surface area contributed by atoms with Crippen LogP contribution in [0.3, 0.4) is 0 Å². The molecule has 8 heteroatoms. The molecule has 2 N–H and O–H groups in total. The Kier molecular flexibility index (Phi) is 5.86. The number of alkyl halides is 3. The molecule has 0 saturated heterocycles. The molecular formula is C18H15F3O5. The van der Waals surface area contributed by atoms with Crippen molar-refractivity contribution in [1.82, 2.24) is 0 Å². The van der Waals surface area contributed by atoms with Gasteiger partial charge in [0.15, 0.2) is 0 Å². The number of ether oxygens (including phenoxy) is 1. The van der Waals surface area contributed by atoms with Crippen LogP contribution in [-0.4, -0.2) is 28.5 Å². The quantitative estimate of drug-likeness (QED) is 0.771. The highest BCUT2D eigenvalue weighted by Gasteiger charge is 2.32. The van der Waals surface area contributed by atoms with Crippen LogP contribution in [0.2, 0.25) is 0 Å². The van der Waals surface area contributed by atoms with Gasteiger partial charge in [0.05, 0.1) is 11.8 Å². The minimum Gasteiger partial charge on any atom is -0.481 e. The van der Waals surface area contributed by atoms with Crippen LogP contribution in [0.1, 0.15) is 29.4 Å². The van der Waals surface area contributed by atoms with E-state index in [0.717, 1.165) is 12.1 Å². The molecule has 2 aromatic rings. The highest BCUT2D eigenvalue weighted by molar-refractivity contribution is 5.80. The van der Waals surface area contributed by atoms with Gasteiger partial charge in [-0.05, 0) is 29.7 Å². The van der Waals surface area contributed by atoms with Crippen molar-refractivity contribution in [2.24, 2.45) is 0 Å². The van der Waals surface area contributed by atoms with Crippen molar-refractivity contribution in [3.8, 4) is 5.75 Å². The molecule has 0 fully saturated rings. The topological polar surface area (TPSA) is 83.8 Å². The number of hydrogen-bond donors (Lipinski definition) is 2. The minimum atomic E-state index is -4.85. The van der Waals surface area contributed by atoms with Crippen molar-refractivity contribution in [3.63, 3.8) is 0 Å². The third-order valence-electron chi connectivity index (χ3n) is 3.79. The SMILES string of the molecule is O=C(O)C(CC(C(=O)O)c1ccc(OC(F)(F)F)cc1)c1ccccc1. The predicted molar refractivity (Wildman–Crippen MR) is 84.9 cm³/mol. The number of aliphatic carboxylic acids is 2. The van der Waals surface area contributed by atoms with Gasteiger partial charge in [-0.15, -0.1) is 13.2 Å². The van der Waals surface area contributed by atoms with Crippen LogP contribution in [0.15, 0.2) is 54.6 Å². The summed E-state index contributed by atoms with van der Waals surface area (Å²) in [7, 11) is 0. The summed E-state index contributed by atoms with van der Waals surface area (Å²) < 4.78 is 40.3. The van der Waals surface area contributed by atoms with Gasteiger partial charge in [-0.2, -0.15) is 0 Å². The zero-order chi connectivity index (χ0) is 19.3. The fourth-order valence-corrected chi connectivity index (χ4v) is 2.58. The number of carboxylic acids is 2. The standard InChI is InChI=1S/C18H15F3O5/c19-18(20,21)26-13-8-6-12(7-9-13)15(17(24)25)10-14(16(22)23)11-4-2-1-3-5-11/h1-9,14-15H,10H2,(H,22,23)(H,24,25). The maximum absolute atomic E-state index is 12.2. The first-order valence-electron chi connectivity index (χ1n) is 7.53. The lowest BCUT2D eigenvalue weighted by Crippen LogP contribution is -2.20. The van der Waals surface area contributed by atoms with Crippen molar-refractivity contribution in [3.05, 3.63) is 65.7 Å². The largest absolute Gasteiger partial charge is 0.573 e. The first-order valence-corrected chi connectivity index (χ1v) is 7.53. The summed E-state index contributed by atoms with van der Waals surface area (Å²) in [5.41, 5.74) is 0.637. The van der Waals surface area contributed by atoms with Gasteiger partial charge in [-0.1, -0.05) is 42.5 Å². The normalized spacial score (nSPS) is 13.7. The van der Waals surface area contributed by atoms with E-state index < -0.39 is 35.9 Å². The summed E-state index contributed by atoms with van der Waals surface area (Å²) in [4.78, 5) is 23.2. The number of halogens is 3. The summed E-state index contributed by atoms with van der Waals surface area (Å²) in [5.74, 6) is -5.20. The number of carboxylic acid groups (broad SMARTS) is 2. The van der Waals surface area contributed by atoms with Gasteiger partial charge >= 0.3 is 18.3 Å². The lowest BCUT2D eigenvalue weighted by molar-refractivity contribution is -0.274. The zero-order valence-electron chi connectivity index (χ0n) is 13.3. The molecule has 2 aromatic carbocycles. The van der Waals surface area contributed by atoms with Crippen molar-refractivity contribution < 1.29 is 37.7 Å². The molecule has 5 nitrogen and oxygen atoms in total. The van der Waals surface area contributed by atoms with E-state index >= 15 is 0 Å². The van der Waals surface area contributed by atoms with Crippen LogP contribution in [0.25, 0.3) is 0 Å². The molecule has 0 heterocycles. The molecule has 0 aliphatic rings. The van der Waals surface area contributed by atoms with E-state index in [0.29, 0.717) is 5.56 Å². The molecule has 0 aromatic heterocycles. The van der Waals surface area contributed by atoms with E-state index in [4.69, 9.17) is 0 Å². The van der Waals surface area contributed by atoms with E-state index in [1.54, 1.807) is 30.3 Å². The summed E-state index contributed by atoms with van der Waals surface area (Å²) >= 11 is 0. The van der Waals surface area contributed by atoms with Gasteiger partial charge in [0.1, 0.15) is 5.75 Å². The fourth-order valence-electron chi connectivity index (χ4n) is 2.58. The maximum atomic E-state index is 12.2. The smallest absolute Gasteiger partial charge is 0.481 e. The van der Waals surface area contributed by atoms with Crippen LogP contribution in [0.4, 0.5) is 13.2 Å². The summed E-state index contributed by atoms with van der Waals surface area (Å²) in [6.45, 7) is 0. The molecule has 0 bridgehead atoms. The van der Waals surface area contributed by atoms with Crippen molar-refractivity contribution in [2.45, 2.75) is 24.6 Å². The fraction of sp³-hybridized carbons (Fsp3) is 0.222. The predicted octanol–water partition coefficient (Wildman–Crippen LogP) is 4.01. The molecule has 2 unspecified atom stereocenters. The average molecular weight is 368 g/mol. The number of rotatable bonds is 7. The Bertz CT molecular complexity index is 757. The first kappa shape index (κ1) is 19.3. The van der Waals surface area contributed by atoms with Gasteiger partial charge in [-0.25, -0.2) is 0 Å². The monoisotopic (exact) mass is 368 g/mol. The van der Waals surface area contributed by atoms with E-state index in [1.807, 2.05) is 0 Å². The van der Waals surface area contributed by atoms with Crippen LogP contribution in [0, 0.1) is 0 Å².